The van der Waals surface area contributed by atoms with E-state index in [2.05, 4.69) is 86.5 Å². The molecule has 0 bridgehead atoms. The van der Waals surface area contributed by atoms with E-state index in [4.69, 9.17) is 0 Å². The highest BCUT2D eigenvalue weighted by Crippen LogP contribution is 2.32. The molecule has 0 aliphatic carbocycles. The Labute approximate surface area is 163 Å². The molecule has 0 fully saturated rings. The lowest BCUT2D eigenvalue weighted by atomic mass is 9.92. The van der Waals surface area contributed by atoms with E-state index in [-0.39, 0.29) is 0 Å². The Morgan fingerprint density at radius 3 is 2.15 bits per heavy atom. The normalized spacial score (nSPS) is 11.2. The van der Waals surface area contributed by atoms with Crippen LogP contribution in [0.4, 0.5) is 5.69 Å². The molecule has 0 atom stereocenters. The second kappa shape index (κ2) is 8.85. The van der Waals surface area contributed by atoms with Gasteiger partial charge in [-0.25, -0.2) is 0 Å². The quantitative estimate of drug-likeness (QED) is 0.511. The van der Waals surface area contributed by atoms with Crippen molar-refractivity contribution in [1.29, 1.82) is 0 Å². The highest BCUT2D eigenvalue weighted by Gasteiger charge is 2.13. The van der Waals surface area contributed by atoms with Crippen LogP contribution in [0.2, 0.25) is 0 Å². The van der Waals surface area contributed by atoms with Crippen LogP contribution >= 0.6 is 0 Å². The van der Waals surface area contributed by atoms with E-state index in [1.165, 1.54) is 27.9 Å². The third kappa shape index (κ3) is 4.77. The Bertz CT molecular complexity index is 840. The van der Waals surface area contributed by atoms with Gasteiger partial charge in [0, 0.05) is 24.0 Å². The maximum atomic E-state index is 4.46. The zero-order chi connectivity index (χ0) is 19.2. The van der Waals surface area contributed by atoms with Gasteiger partial charge >= 0.3 is 0 Å². The van der Waals surface area contributed by atoms with Gasteiger partial charge in [0.05, 0.1) is 5.69 Å². The van der Waals surface area contributed by atoms with Gasteiger partial charge < -0.3 is 5.32 Å². The summed E-state index contributed by atoms with van der Waals surface area (Å²) >= 11 is 0. The average Bonchev–Trinajstić information content (AvgIpc) is 2.68. The van der Waals surface area contributed by atoms with Crippen molar-refractivity contribution < 1.29 is 0 Å². The van der Waals surface area contributed by atoms with Gasteiger partial charge in [-0.15, -0.1) is 0 Å². The zero-order valence-corrected chi connectivity index (χ0v) is 16.9. The number of benzene rings is 2. The fraction of sp³-hybridized carbons (Fsp3) is 0.320. The fourth-order valence-corrected chi connectivity index (χ4v) is 3.51. The molecule has 0 amide bonds. The first-order valence-corrected chi connectivity index (χ1v) is 9.93. The highest BCUT2D eigenvalue weighted by molar-refractivity contribution is 5.61. The van der Waals surface area contributed by atoms with Crippen molar-refractivity contribution in [3.63, 3.8) is 0 Å². The van der Waals surface area contributed by atoms with Crippen molar-refractivity contribution in [3.05, 3.63) is 83.6 Å². The second-order valence-electron chi connectivity index (χ2n) is 7.71. The summed E-state index contributed by atoms with van der Waals surface area (Å²) in [4.78, 5) is 4.46. The number of nitrogens with one attached hydrogen (secondary N) is 1. The number of hydrogen-bond acceptors (Lipinski definition) is 2. The van der Waals surface area contributed by atoms with E-state index >= 15 is 0 Å². The van der Waals surface area contributed by atoms with Gasteiger partial charge in [-0.2, -0.15) is 0 Å². The highest BCUT2D eigenvalue weighted by atomic mass is 14.9. The van der Waals surface area contributed by atoms with Crippen molar-refractivity contribution in [1.82, 2.24) is 4.98 Å². The van der Waals surface area contributed by atoms with Crippen molar-refractivity contribution in [2.24, 2.45) is 0 Å². The summed E-state index contributed by atoms with van der Waals surface area (Å²) in [6, 6.07) is 21.4. The minimum atomic E-state index is 0.513. The lowest BCUT2D eigenvalue weighted by molar-refractivity contribution is 0.831. The Balaban J connectivity index is 1.74. The van der Waals surface area contributed by atoms with Crippen LogP contribution in [0.15, 0.2) is 66.9 Å². The van der Waals surface area contributed by atoms with Crippen LogP contribution < -0.4 is 5.32 Å². The smallest absolute Gasteiger partial charge is 0.0702 e. The molecular formula is C25H30N2. The molecule has 0 aliphatic heterocycles. The topological polar surface area (TPSA) is 24.9 Å². The lowest BCUT2D eigenvalue weighted by Crippen LogP contribution is -2.10. The van der Waals surface area contributed by atoms with E-state index in [0.29, 0.717) is 11.8 Å². The van der Waals surface area contributed by atoms with Crippen LogP contribution in [-0.2, 0) is 6.42 Å². The Morgan fingerprint density at radius 1 is 0.815 bits per heavy atom. The van der Waals surface area contributed by atoms with Gasteiger partial charge in [0.2, 0.25) is 0 Å². The third-order valence-electron chi connectivity index (χ3n) is 4.98. The molecule has 1 heterocycles. The molecule has 3 aromatic rings. The number of nitrogens with zero attached hydrogens (tertiary/aromatic N) is 1. The Hall–Kier alpha value is -2.61. The standard InChI is InChI=1S/C25H30N2/c1-18(2)22-11-8-12-23(19(3)4)25(22)27-16-14-20-9-7-10-21(17-20)24-13-5-6-15-26-24/h5-13,15,17-19,27H,14,16H2,1-4H3. The number of pyridine rings is 1. The molecule has 2 aromatic carbocycles. The predicted molar refractivity (Wildman–Crippen MR) is 116 cm³/mol. The van der Waals surface area contributed by atoms with Crippen LogP contribution in [-0.4, -0.2) is 11.5 Å². The summed E-state index contributed by atoms with van der Waals surface area (Å²) in [7, 11) is 0. The third-order valence-corrected chi connectivity index (χ3v) is 4.98. The van der Waals surface area contributed by atoms with E-state index < -0.39 is 0 Å². The molecule has 0 spiro atoms. The van der Waals surface area contributed by atoms with Gasteiger partial charge in [0.25, 0.3) is 0 Å². The van der Waals surface area contributed by atoms with E-state index in [0.717, 1.165) is 18.7 Å². The predicted octanol–water partition coefficient (Wildman–Crippen LogP) is 6.65. The molecule has 27 heavy (non-hydrogen) atoms. The molecule has 0 radical (unpaired) electrons. The number of para-hydroxylation sites is 1. The van der Waals surface area contributed by atoms with E-state index in [1.54, 1.807) is 0 Å². The molecule has 0 unspecified atom stereocenters. The summed E-state index contributed by atoms with van der Waals surface area (Å²) in [5.41, 5.74) is 7.67. The summed E-state index contributed by atoms with van der Waals surface area (Å²) in [6.45, 7) is 9.99. The Morgan fingerprint density at radius 2 is 1.52 bits per heavy atom. The average molecular weight is 359 g/mol. The number of anilines is 1. The van der Waals surface area contributed by atoms with Crippen molar-refractivity contribution >= 4 is 5.69 Å². The summed E-state index contributed by atoms with van der Waals surface area (Å²) in [5, 5.41) is 3.74. The van der Waals surface area contributed by atoms with Crippen LogP contribution in [0, 0.1) is 0 Å². The molecule has 2 nitrogen and oxygen atoms in total. The minimum Gasteiger partial charge on any atom is -0.384 e. The number of aromatic nitrogens is 1. The Kier molecular flexibility index (Phi) is 6.28. The van der Waals surface area contributed by atoms with Crippen LogP contribution in [0.25, 0.3) is 11.3 Å². The molecule has 1 N–H and O–H groups in total. The second-order valence-corrected chi connectivity index (χ2v) is 7.71. The first-order chi connectivity index (χ1) is 13.1. The molecule has 3 rings (SSSR count). The number of rotatable bonds is 7. The number of hydrogen-bond donors (Lipinski definition) is 1. The van der Waals surface area contributed by atoms with Gasteiger partial charge in [0.15, 0.2) is 0 Å². The molecule has 140 valence electrons. The molecule has 1 aromatic heterocycles. The van der Waals surface area contributed by atoms with Gasteiger partial charge in [-0.1, -0.05) is 70.2 Å². The zero-order valence-electron chi connectivity index (χ0n) is 16.9. The van der Waals surface area contributed by atoms with E-state index in [9.17, 15) is 0 Å². The molecule has 0 aliphatic rings. The van der Waals surface area contributed by atoms with Crippen LogP contribution in [0.5, 0.6) is 0 Å². The summed E-state index contributed by atoms with van der Waals surface area (Å²) in [5.74, 6) is 1.03. The summed E-state index contributed by atoms with van der Waals surface area (Å²) < 4.78 is 0. The first kappa shape index (κ1) is 19.2. The van der Waals surface area contributed by atoms with Gasteiger partial charge in [-0.3, -0.25) is 4.98 Å². The van der Waals surface area contributed by atoms with Gasteiger partial charge in [-0.05, 0) is 53.1 Å². The SMILES string of the molecule is CC(C)c1cccc(C(C)C)c1NCCc1cccc(-c2ccccn2)c1. The summed E-state index contributed by atoms with van der Waals surface area (Å²) in [6.07, 6.45) is 2.84. The maximum absolute atomic E-state index is 4.46. The minimum absolute atomic E-state index is 0.513. The van der Waals surface area contributed by atoms with Crippen LogP contribution in [0.1, 0.15) is 56.2 Å². The largest absolute Gasteiger partial charge is 0.384 e. The maximum Gasteiger partial charge on any atom is 0.0702 e. The van der Waals surface area contributed by atoms with Crippen molar-refractivity contribution in [2.75, 3.05) is 11.9 Å². The van der Waals surface area contributed by atoms with Crippen LogP contribution in [0.3, 0.4) is 0 Å². The van der Waals surface area contributed by atoms with Crippen molar-refractivity contribution in [2.45, 2.75) is 46.0 Å². The van der Waals surface area contributed by atoms with Crippen molar-refractivity contribution in [3.8, 4) is 11.3 Å². The molecule has 0 saturated heterocycles. The lowest BCUT2D eigenvalue weighted by Gasteiger charge is -2.21. The fourth-order valence-electron chi connectivity index (χ4n) is 3.51. The first-order valence-electron chi connectivity index (χ1n) is 9.93. The molecule has 2 heteroatoms. The van der Waals surface area contributed by atoms with Gasteiger partial charge in [0.1, 0.15) is 0 Å². The van der Waals surface area contributed by atoms with E-state index in [1.807, 2.05) is 18.3 Å². The molecular weight excluding hydrogens is 328 g/mol. The monoisotopic (exact) mass is 358 g/mol. The molecule has 0 saturated carbocycles.